The van der Waals surface area contributed by atoms with Crippen LogP contribution in [0.15, 0.2) is 42.7 Å². The second-order valence-corrected chi connectivity index (χ2v) is 6.84. The molecule has 1 saturated heterocycles. The van der Waals surface area contributed by atoms with E-state index in [1.54, 1.807) is 17.9 Å². The first-order chi connectivity index (χ1) is 12.6. The van der Waals surface area contributed by atoms with E-state index in [1.165, 1.54) is 0 Å². The van der Waals surface area contributed by atoms with Gasteiger partial charge in [0.25, 0.3) is 5.91 Å². The SMILES string of the molecule is CO[C@H]1C[C@@H](Cn2ccc(N)n2)N(C(=O)c2cn(C)c3ccccc23)C1. The summed E-state index contributed by atoms with van der Waals surface area (Å²) in [6.07, 6.45) is 4.57. The van der Waals surface area contributed by atoms with E-state index in [4.69, 9.17) is 10.5 Å². The second-order valence-electron chi connectivity index (χ2n) is 6.84. The molecule has 1 aliphatic rings. The molecule has 0 spiro atoms. The zero-order valence-electron chi connectivity index (χ0n) is 15.0. The molecule has 0 unspecified atom stereocenters. The Morgan fingerprint density at radius 1 is 1.35 bits per heavy atom. The third kappa shape index (κ3) is 2.84. The number of aromatic nitrogens is 3. The summed E-state index contributed by atoms with van der Waals surface area (Å²) in [6, 6.07) is 9.75. The predicted molar refractivity (Wildman–Crippen MR) is 99.8 cm³/mol. The number of anilines is 1. The van der Waals surface area contributed by atoms with E-state index in [2.05, 4.69) is 5.10 Å². The number of aryl methyl sites for hydroxylation is 1. The molecule has 1 fully saturated rings. The van der Waals surface area contributed by atoms with Crippen molar-refractivity contribution in [2.24, 2.45) is 7.05 Å². The van der Waals surface area contributed by atoms with E-state index < -0.39 is 0 Å². The number of amides is 1. The summed E-state index contributed by atoms with van der Waals surface area (Å²) < 4.78 is 9.33. The smallest absolute Gasteiger partial charge is 0.256 e. The molecule has 2 aromatic heterocycles. The molecular formula is C19H23N5O2. The molecule has 1 aliphatic heterocycles. The largest absolute Gasteiger partial charge is 0.382 e. The molecule has 3 heterocycles. The highest BCUT2D eigenvalue weighted by Crippen LogP contribution is 2.27. The van der Waals surface area contributed by atoms with Crippen LogP contribution in [-0.2, 0) is 18.3 Å². The number of nitrogens with zero attached hydrogens (tertiary/aromatic N) is 4. The Hall–Kier alpha value is -2.80. The number of likely N-dealkylation sites (tertiary alicyclic amines) is 1. The van der Waals surface area contributed by atoms with E-state index >= 15 is 0 Å². The highest BCUT2D eigenvalue weighted by Gasteiger charge is 2.37. The summed E-state index contributed by atoms with van der Waals surface area (Å²) >= 11 is 0. The molecular weight excluding hydrogens is 330 g/mol. The molecule has 4 rings (SSSR count). The molecule has 1 amide bonds. The minimum absolute atomic E-state index is 0.0192. The fourth-order valence-corrected chi connectivity index (χ4v) is 3.83. The first-order valence-electron chi connectivity index (χ1n) is 8.73. The van der Waals surface area contributed by atoms with Gasteiger partial charge >= 0.3 is 0 Å². The van der Waals surface area contributed by atoms with Crippen LogP contribution in [0.1, 0.15) is 16.8 Å². The van der Waals surface area contributed by atoms with Crippen molar-refractivity contribution in [3.05, 3.63) is 48.3 Å². The molecule has 1 aromatic carbocycles. The van der Waals surface area contributed by atoms with Crippen molar-refractivity contribution in [2.75, 3.05) is 19.4 Å². The molecule has 26 heavy (non-hydrogen) atoms. The third-order valence-corrected chi connectivity index (χ3v) is 5.16. The summed E-state index contributed by atoms with van der Waals surface area (Å²) in [5.74, 6) is 0.518. The summed E-state index contributed by atoms with van der Waals surface area (Å²) in [5.41, 5.74) is 7.49. The van der Waals surface area contributed by atoms with Crippen molar-refractivity contribution in [3.63, 3.8) is 0 Å². The Labute approximate surface area is 151 Å². The maximum Gasteiger partial charge on any atom is 0.256 e. The molecule has 0 saturated carbocycles. The van der Waals surface area contributed by atoms with Gasteiger partial charge in [0.05, 0.1) is 24.3 Å². The van der Waals surface area contributed by atoms with Gasteiger partial charge in [0, 0.05) is 44.0 Å². The number of methoxy groups -OCH3 is 1. The Morgan fingerprint density at radius 3 is 2.88 bits per heavy atom. The third-order valence-electron chi connectivity index (χ3n) is 5.16. The first kappa shape index (κ1) is 16.7. The molecule has 0 bridgehead atoms. The number of fused-ring (bicyclic) bond motifs is 1. The van der Waals surface area contributed by atoms with E-state index in [0.29, 0.717) is 18.9 Å². The Morgan fingerprint density at radius 2 is 2.15 bits per heavy atom. The highest BCUT2D eigenvalue weighted by molar-refractivity contribution is 6.07. The average molecular weight is 353 g/mol. The maximum atomic E-state index is 13.3. The maximum absolute atomic E-state index is 13.3. The van der Waals surface area contributed by atoms with E-state index in [1.807, 2.05) is 53.2 Å². The quantitative estimate of drug-likeness (QED) is 0.777. The lowest BCUT2D eigenvalue weighted by Crippen LogP contribution is -2.38. The number of ether oxygens (including phenoxy) is 1. The standard InChI is InChI=1S/C19H23N5O2/c1-22-12-16(15-5-3-4-6-17(15)22)19(25)24-11-14(26-2)9-13(24)10-23-8-7-18(20)21-23/h3-8,12-14H,9-11H2,1-2H3,(H2,20,21)/t13-,14-/m0/s1. The van der Waals surface area contributed by atoms with Crippen LogP contribution in [0.25, 0.3) is 10.9 Å². The van der Waals surface area contributed by atoms with Crippen LogP contribution < -0.4 is 5.73 Å². The van der Waals surface area contributed by atoms with Gasteiger partial charge in [-0.25, -0.2) is 0 Å². The van der Waals surface area contributed by atoms with Crippen molar-refractivity contribution in [1.29, 1.82) is 0 Å². The number of hydrogen-bond donors (Lipinski definition) is 1. The molecule has 7 heteroatoms. The Balaban J connectivity index is 1.65. The Kier molecular flexibility index (Phi) is 4.16. The van der Waals surface area contributed by atoms with Crippen molar-refractivity contribution in [2.45, 2.75) is 25.1 Å². The number of benzene rings is 1. The number of hydrogen-bond acceptors (Lipinski definition) is 4. The van der Waals surface area contributed by atoms with Gasteiger partial charge in [0.2, 0.25) is 0 Å². The molecule has 2 N–H and O–H groups in total. The van der Waals surface area contributed by atoms with Gasteiger partial charge in [-0.3, -0.25) is 9.48 Å². The lowest BCUT2D eigenvalue weighted by Gasteiger charge is -2.24. The van der Waals surface area contributed by atoms with Gasteiger partial charge in [0.1, 0.15) is 5.82 Å². The fourth-order valence-electron chi connectivity index (χ4n) is 3.83. The van der Waals surface area contributed by atoms with Gasteiger partial charge in [-0.15, -0.1) is 0 Å². The zero-order chi connectivity index (χ0) is 18.3. The van der Waals surface area contributed by atoms with Crippen LogP contribution in [-0.4, -0.2) is 51.0 Å². The van der Waals surface area contributed by atoms with Crippen LogP contribution in [0.2, 0.25) is 0 Å². The second kappa shape index (κ2) is 6.49. The molecule has 2 atom stereocenters. The summed E-state index contributed by atoms with van der Waals surface area (Å²) in [6.45, 7) is 1.19. The van der Waals surface area contributed by atoms with E-state index in [-0.39, 0.29) is 18.1 Å². The topological polar surface area (TPSA) is 78.3 Å². The fraction of sp³-hybridized carbons (Fsp3) is 0.368. The molecule has 0 aliphatic carbocycles. The van der Waals surface area contributed by atoms with Crippen molar-refractivity contribution in [1.82, 2.24) is 19.2 Å². The number of nitrogen functional groups attached to an aromatic ring is 1. The van der Waals surface area contributed by atoms with Gasteiger partial charge in [-0.2, -0.15) is 5.10 Å². The van der Waals surface area contributed by atoms with Gasteiger partial charge in [0.15, 0.2) is 0 Å². The number of carbonyl (C=O) groups is 1. The van der Waals surface area contributed by atoms with Crippen LogP contribution in [0.4, 0.5) is 5.82 Å². The van der Waals surface area contributed by atoms with Gasteiger partial charge in [-0.05, 0) is 18.6 Å². The van der Waals surface area contributed by atoms with Crippen molar-refractivity contribution < 1.29 is 9.53 Å². The molecule has 0 radical (unpaired) electrons. The van der Waals surface area contributed by atoms with Gasteiger partial charge < -0.3 is 19.9 Å². The van der Waals surface area contributed by atoms with Crippen LogP contribution in [0, 0.1) is 0 Å². The number of para-hydroxylation sites is 1. The molecule has 136 valence electrons. The van der Waals surface area contributed by atoms with E-state index in [9.17, 15) is 4.79 Å². The lowest BCUT2D eigenvalue weighted by atomic mass is 10.1. The van der Waals surface area contributed by atoms with E-state index in [0.717, 1.165) is 22.9 Å². The van der Waals surface area contributed by atoms with Gasteiger partial charge in [-0.1, -0.05) is 18.2 Å². The molecule has 7 nitrogen and oxygen atoms in total. The predicted octanol–water partition coefficient (Wildman–Crippen LogP) is 1.89. The minimum Gasteiger partial charge on any atom is -0.382 e. The molecule has 3 aromatic rings. The first-order valence-corrected chi connectivity index (χ1v) is 8.73. The van der Waals surface area contributed by atoms with Crippen molar-refractivity contribution in [3.8, 4) is 0 Å². The Bertz CT molecular complexity index is 944. The minimum atomic E-state index is 0.0192. The number of rotatable bonds is 4. The van der Waals surface area contributed by atoms with Crippen LogP contribution >= 0.6 is 0 Å². The summed E-state index contributed by atoms with van der Waals surface area (Å²) in [5, 5.41) is 5.23. The highest BCUT2D eigenvalue weighted by atomic mass is 16.5. The normalized spacial score (nSPS) is 20.2. The summed E-state index contributed by atoms with van der Waals surface area (Å²) in [4.78, 5) is 15.3. The van der Waals surface area contributed by atoms with Crippen LogP contribution in [0.5, 0.6) is 0 Å². The van der Waals surface area contributed by atoms with Crippen molar-refractivity contribution >= 4 is 22.6 Å². The lowest BCUT2D eigenvalue weighted by molar-refractivity contribution is 0.0680. The average Bonchev–Trinajstić information content (AvgIpc) is 3.33. The summed E-state index contributed by atoms with van der Waals surface area (Å²) in [7, 11) is 3.66. The zero-order valence-corrected chi connectivity index (χ0v) is 15.0. The number of carbonyl (C=O) groups excluding carboxylic acids is 1. The monoisotopic (exact) mass is 353 g/mol. The van der Waals surface area contributed by atoms with Crippen LogP contribution in [0.3, 0.4) is 0 Å². The number of nitrogens with two attached hydrogens (primary N) is 1.